The van der Waals surface area contributed by atoms with Crippen molar-refractivity contribution in [3.05, 3.63) is 94.4 Å². The van der Waals surface area contributed by atoms with E-state index in [2.05, 4.69) is 47.4 Å². The number of furan rings is 1. The van der Waals surface area contributed by atoms with Gasteiger partial charge in [-0.1, -0.05) is 42.5 Å². The summed E-state index contributed by atoms with van der Waals surface area (Å²) in [5.41, 5.74) is 4.64. The molecule has 0 saturated carbocycles. The zero-order valence-electron chi connectivity index (χ0n) is 18.5. The third-order valence-electron chi connectivity index (χ3n) is 6.54. The molecule has 0 aliphatic carbocycles. The summed E-state index contributed by atoms with van der Waals surface area (Å²) >= 11 is 0. The number of likely N-dealkylation sites (tertiary alicyclic amines) is 1. The third-order valence-corrected chi connectivity index (χ3v) is 6.54. The van der Waals surface area contributed by atoms with Crippen molar-refractivity contribution < 1.29 is 9.21 Å². The van der Waals surface area contributed by atoms with E-state index in [0.717, 1.165) is 62.5 Å². The molecule has 0 atom stereocenters. The van der Waals surface area contributed by atoms with E-state index in [1.807, 2.05) is 23.1 Å². The Balaban J connectivity index is 0.00000245. The van der Waals surface area contributed by atoms with Gasteiger partial charge in [0.15, 0.2) is 0 Å². The predicted molar refractivity (Wildman–Crippen MR) is 129 cm³/mol. The van der Waals surface area contributed by atoms with Gasteiger partial charge in [0, 0.05) is 12.1 Å². The zero-order valence-corrected chi connectivity index (χ0v) is 19.3. The number of benzene rings is 2. The van der Waals surface area contributed by atoms with Crippen LogP contribution in [0, 0.1) is 0 Å². The largest absolute Gasteiger partial charge is 0.463 e. The molecule has 0 bridgehead atoms. The summed E-state index contributed by atoms with van der Waals surface area (Å²) < 4.78 is 6.14. The monoisotopic (exact) mass is 450 g/mol. The number of carbonyl (C=O) groups excluding carboxylic acids is 1. The summed E-state index contributed by atoms with van der Waals surface area (Å²) in [6.45, 7) is 4.55. The second-order valence-corrected chi connectivity index (χ2v) is 8.80. The maximum atomic E-state index is 13.1. The Kier molecular flexibility index (Phi) is 7.33. The lowest BCUT2D eigenvalue weighted by Crippen LogP contribution is -2.35. The van der Waals surface area contributed by atoms with Gasteiger partial charge in [-0.15, -0.1) is 12.4 Å². The number of aryl methyl sites for hydroxylation is 2. The van der Waals surface area contributed by atoms with E-state index in [1.54, 1.807) is 0 Å². The molecule has 0 unspecified atom stereocenters. The normalized spacial score (nSPS) is 15.9. The molecule has 1 saturated heterocycles. The predicted octanol–water partition coefficient (Wildman–Crippen LogP) is 5.28. The molecule has 32 heavy (non-hydrogen) atoms. The highest BCUT2D eigenvalue weighted by atomic mass is 35.5. The Morgan fingerprint density at radius 3 is 2.28 bits per heavy atom. The van der Waals surface area contributed by atoms with Crippen LogP contribution in [-0.4, -0.2) is 35.3 Å². The van der Waals surface area contributed by atoms with Crippen LogP contribution in [0.3, 0.4) is 0 Å². The maximum Gasteiger partial charge on any atom is 0.254 e. The Morgan fingerprint density at radius 1 is 0.875 bits per heavy atom. The van der Waals surface area contributed by atoms with E-state index in [4.69, 9.17) is 4.42 Å². The second-order valence-electron chi connectivity index (χ2n) is 8.80. The van der Waals surface area contributed by atoms with Crippen molar-refractivity contribution in [1.29, 1.82) is 0 Å². The van der Waals surface area contributed by atoms with Gasteiger partial charge in [-0.3, -0.25) is 9.69 Å². The standard InChI is InChI=1S/C27H30N2O2.ClH/c30-27(23-12-10-22(11-13-23)9-8-21-6-2-1-3-7-21)29-17-14-24-18-25(31-26(24)20-29)19-28-15-4-5-16-28;/h1-3,6-7,10-13,18H,4-5,8-9,14-17,19-20H2;1H. The number of carbonyl (C=O) groups is 1. The summed E-state index contributed by atoms with van der Waals surface area (Å²) in [5, 5.41) is 0. The minimum absolute atomic E-state index is 0. The molecule has 168 valence electrons. The minimum Gasteiger partial charge on any atom is -0.463 e. The van der Waals surface area contributed by atoms with E-state index < -0.39 is 0 Å². The second kappa shape index (κ2) is 10.4. The number of nitrogens with zero attached hydrogens (tertiary/aromatic N) is 2. The van der Waals surface area contributed by atoms with Crippen molar-refractivity contribution in [3.63, 3.8) is 0 Å². The zero-order chi connectivity index (χ0) is 21.0. The van der Waals surface area contributed by atoms with Crippen LogP contribution in [0.2, 0.25) is 0 Å². The van der Waals surface area contributed by atoms with Crippen molar-refractivity contribution in [2.75, 3.05) is 19.6 Å². The molecule has 0 N–H and O–H groups in total. The quantitative estimate of drug-likeness (QED) is 0.512. The van der Waals surface area contributed by atoms with Gasteiger partial charge in [0.2, 0.25) is 0 Å². The van der Waals surface area contributed by atoms with Gasteiger partial charge in [0.05, 0.1) is 13.1 Å². The van der Waals surface area contributed by atoms with Gasteiger partial charge in [-0.25, -0.2) is 0 Å². The van der Waals surface area contributed by atoms with Crippen LogP contribution in [0.1, 0.15) is 51.4 Å². The van der Waals surface area contributed by atoms with E-state index in [-0.39, 0.29) is 18.3 Å². The van der Waals surface area contributed by atoms with Crippen molar-refractivity contribution in [3.8, 4) is 0 Å². The molecule has 2 aromatic carbocycles. The fourth-order valence-electron chi connectivity index (χ4n) is 4.72. The smallest absolute Gasteiger partial charge is 0.254 e. The Bertz CT molecular complexity index is 1020. The first kappa shape index (κ1) is 22.6. The summed E-state index contributed by atoms with van der Waals surface area (Å²) in [4.78, 5) is 17.4. The lowest BCUT2D eigenvalue weighted by Gasteiger charge is -2.26. The number of hydrogen-bond donors (Lipinski definition) is 0. The van der Waals surface area contributed by atoms with Crippen LogP contribution in [0.15, 0.2) is 65.1 Å². The third kappa shape index (κ3) is 5.25. The summed E-state index contributed by atoms with van der Waals surface area (Å²) in [7, 11) is 0. The lowest BCUT2D eigenvalue weighted by molar-refractivity contribution is 0.0718. The van der Waals surface area contributed by atoms with Gasteiger partial charge in [-0.2, -0.15) is 0 Å². The topological polar surface area (TPSA) is 36.7 Å². The van der Waals surface area contributed by atoms with Crippen LogP contribution in [0.5, 0.6) is 0 Å². The lowest BCUT2D eigenvalue weighted by atomic mass is 10.0. The molecule has 0 spiro atoms. The van der Waals surface area contributed by atoms with E-state index >= 15 is 0 Å². The average molecular weight is 451 g/mol. The van der Waals surface area contributed by atoms with Crippen molar-refractivity contribution in [1.82, 2.24) is 9.80 Å². The van der Waals surface area contributed by atoms with E-state index in [1.165, 1.54) is 29.5 Å². The average Bonchev–Trinajstić information content (AvgIpc) is 3.47. The molecule has 5 heteroatoms. The summed E-state index contributed by atoms with van der Waals surface area (Å²) in [6.07, 6.45) is 5.44. The first-order valence-corrected chi connectivity index (χ1v) is 11.5. The molecule has 1 aromatic heterocycles. The minimum atomic E-state index is 0. The molecule has 2 aliphatic rings. The van der Waals surface area contributed by atoms with Gasteiger partial charge in [0.1, 0.15) is 11.5 Å². The molecule has 0 radical (unpaired) electrons. The van der Waals surface area contributed by atoms with Crippen LogP contribution < -0.4 is 0 Å². The molecule has 5 rings (SSSR count). The van der Waals surface area contributed by atoms with Gasteiger partial charge >= 0.3 is 0 Å². The van der Waals surface area contributed by atoms with Gasteiger partial charge in [0.25, 0.3) is 5.91 Å². The highest BCUT2D eigenvalue weighted by Gasteiger charge is 2.25. The van der Waals surface area contributed by atoms with Gasteiger partial charge < -0.3 is 9.32 Å². The molecular formula is C27H31ClN2O2. The molecule has 4 nitrogen and oxygen atoms in total. The van der Waals surface area contributed by atoms with E-state index in [9.17, 15) is 4.79 Å². The molecular weight excluding hydrogens is 420 g/mol. The fourth-order valence-corrected chi connectivity index (χ4v) is 4.72. The number of fused-ring (bicyclic) bond motifs is 1. The number of halogens is 1. The molecule has 3 heterocycles. The first-order chi connectivity index (χ1) is 15.2. The maximum absolute atomic E-state index is 13.1. The summed E-state index contributed by atoms with van der Waals surface area (Å²) in [5.74, 6) is 2.11. The Morgan fingerprint density at radius 2 is 1.56 bits per heavy atom. The Labute approximate surface area is 196 Å². The van der Waals surface area contributed by atoms with Crippen molar-refractivity contribution >= 4 is 18.3 Å². The van der Waals surface area contributed by atoms with E-state index in [0.29, 0.717) is 6.54 Å². The molecule has 1 fully saturated rings. The summed E-state index contributed by atoms with van der Waals surface area (Å²) in [6, 6.07) is 20.9. The molecule has 3 aromatic rings. The van der Waals surface area contributed by atoms with Gasteiger partial charge in [-0.05, 0) is 80.1 Å². The number of rotatable bonds is 6. The molecule has 1 amide bonds. The first-order valence-electron chi connectivity index (χ1n) is 11.5. The number of hydrogen-bond acceptors (Lipinski definition) is 3. The Hall–Kier alpha value is -2.56. The van der Waals surface area contributed by atoms with Crippen LogP contribution in [0.25, 0.3) is 0 Å². The highest BCUT2D eigenvalue weighted by Crippen LogP contribution is 2.26. The fraction of sp³-hybridized carbons (Fsp3) is 0.370. The van der Waals surface area contributed by atoms with Crippen LogP contribution in [-0.2, 0) is 32.4 Å². The highest BCUT2D eigenvalue weighted by molar-refractivity contribution is 5.94. The SMILES string of the molecule is Cl.O=C(c1ccc(CCc2ccccc2)cc1)N1CCc2cc(CN3CCCC3)oc2C1. The molecule has 2 aliphatic heterocycles. The van der Waals surface area contributed by atoms with Crippen LogP contribution >= 0.6 is 12.4 Å². The van der Waals surface area contributed by atoms with Crippen molar-refractivity contribution in [2.45, 2.75) is 45.2 Å². The van der Waals surface area contributed by atoms with Crippen molar-refractivity contribution in [2.24, 2.45) is 0 Å². The van der Waals surface area contributed by atoms with Crippen LogP contribution in [0.4, 0.5) is 0 Å². The number of amides is 1.